The van der Waals surface area contributed by atoms with E-state index in [1.165, 1.54) is 16.4 Å². The Labute approximate surface area is 168 Å². The summed E-state index contributed by atoms with van der Waals surface area (Å²) in [5.74, 6) is -0.234. The van der Waals surface area contributed by atoms with Gasteiger partial charge in [-0.2, -0.15) is 4.31 Å². The Kier molecular flexibility index (Phi) is 10.3. The lowest BCUT2D eigenvalue weighted by molar-refractivity contribution is 0.0951. The first-order chi connectivity index (χ1) is 12.5. The summed E-state index contributed by atoms with van der Waals surface area (Å²) in [5.41, 5.74) is 0.375. The zero-order chi connectivity index (χ0) is 19.0. The van der Waals surface area contributed by atoms with Gasteiger partial charge in [-0.3, -0.25) is 4.79 Å². The van der Waals surface area contributed by atoms with Crippen LogP contribution in [0.5, 0.6) is 0 Å². The van der Waals surface area contributed by atoms with Gasteiger partial charge in [0.25, 0.3) is 5.91 Å². The maximum atomic E-state index is 12.6. The first kappa shape index (κ1) is 23.8. The summed E-state index contributed by atoms with van der Waals surface area (Å²) in [6.45, 7) is 10.1. The van der Waals surface area contributed by atoms with E-state index in [4.69, 9.17) is 0 Å². The summed E-state index contributed by atoms with van der Waals surface area (Å²) in [7, 11) is -3.56. The number of carbonyl (C=O) groups is 1. The van der Waals surface area contributed by atoms with E-state index < -0.39 is 10.0 Å². The number of carbonyl (C=O) groups excluding carboxylic acids is 1. The second kappa shape index (κ2) is 11.6. The van der Waals surface area contributed by atoms with Crippen molar-refractivity contribution in [2.75, 3.05) is 52.4 Å². The van der Waals surface area contributed by atoms with Crippen LogP contribution in [0.1, 0.15) is 30.6 Å². The molecule has 0 spiro atoms. The monoisotopic (exact) mass is 418 g/mol. The summed E-state index contributed by atoms with van der Waals surface area (Å²) in [6.07, 6.45) is 0.878. The number of halogens is 1. The molecule has 1 aliphatic rings. The molecule has 0 radical (unpaired) electrons. The molecule has 27 heavy (non-hydrogen) atoms. The molecule has 1 aromatic carbocycles. The Balaban J connectivity index is 0.00000364. The SMILES string of the molecule is CCN(CC)S(=O)(=O)c1cccc(C(=O)NCCCN2CCNCC2)c1.Cl. The largest absolute Gasteiger partial charge is 0.352 e. The van der Waals surface area contributed by atoms with Crippen LogP contribution in [0.3, 0.4) is 0 Å². The van der Waals surface area contributed by atoms with Crippen LogP contribution >= 0.6 is 12.4 Å². The number of sulfonamides is 1. The molecule has 9 heteroatoms. The van der Waals surface area contributed by atoms with Crippen molar-refractivity contribution in [1.82, 2.24) is 19.8 Å². The van der Waals surface area contributed by atoms with Crippen molar-refractivity contribution in [3.05, 3.63) is 29.8 Å². The van der Waals surface area contributed by atoms with Gasteiger partial charge in [-0.25, -0.2) is 8.42 Å². The second-order valence-electron chi connectivity index (χ2n) is 6.32. The Morgan fingerprint density at radius 1 is 1.22 bits per heavy atom. The standard InChI is InChI=1S/C18H30N4O3S.ClH/c1-3-22(4-2)26(24,25)17-8-5-7-16(15-17)18(23)20-9-6-12-21-13-10-19-11-14-21;/h5,7-8,15,19H,3-4,6,9-14H2,1-2H3,(H,20,23);1H. The minimum absolute atomic E-state index is 0. The highest BCUT2D eigenvalue weighted by Crippen LogP contribution is 2.17. The molecule has 0 saturated carbocycles. The molecule has 0 atom stereocenters. The van der Waals surface area contributed by atoms with Crippen LogP contribution < -0.4 is 10.6 Å². The molecule has 0 unspecified atom stereocenters. The Morgan fingerprint density at radius 3 is 2.52 bits per heavy atom. The molecule has 1 aliphatic heterocycles. The number of nitrogens with one attached hydrogen (secondary N) is 2. The van der Waals surface area contributed by atoms with Crippen molar-refractivity contribution < 1.29 is 13.2 Å². The summed E-state index contributed by atoms with van der Waals surface area (Å²) in [5, 5.41) is 6.20. The third-order valence-corrected chi connectivity index (χ3v) is 6.63. The van der Waals surface area contributed by atoms with Crippen molar-refractivity contribution >= 4 is 28.3 Å². The molecule has 2 N–H and O–H groups in total. The zero-order valence-corrected chi connectivity index (χ0v) is 17.7. The molecular formula is C18H31ClN4O3S. The van der Waals surface area contributed by atoms with Gasteiger partial charge in [-0.1, -0.05) is 19.9 Å². The molecule has 154 valence electrons. The lowest BCUT2D eigenvalue weighted by Gasteiger charge is -2.27. The number of piperazine rings is 1. The second-order valence-corrected chi connectivity index (χ2v) is 8.26. The van der Waals surface area contributed by atoms with Crippen LogP contribution in [0.4, 0.5) is 0 Å². The first-order valence-corrected chi connectivity index (χ1v) is 10.7. The van der Waals surface area contributed by atoms with Crippen LogP contribution in [-0.4, -0.2) is 75.9 Å². The van der Waals surface area contributed by atoms with Gasteiger partial charge < -0.3 is 15.5 Å². The number of benzene rings is 1. The summed E-state index contributed by atoms with van der Waals surface area (Å²) in [4.78, 5) is 14.9. The molecule has 1 heterocycles. The topological polar surface area (TPSA) is 81.8 Å². The van der Waals surface area contributed by atoms with Gasteiger partial charge in [0.15, 0.2) is 0 Å². The highest BCUT2D eigenvalue weighted by molar-refractivity contribution is 7.89. The number of rotatable bonds is 9. The molecule has 0 bridgehead atoms. The lowest BCUT2D eigenvalue weighted by Crippen LogP contribution is -2.44. The van der Waals surface area contributed by atoms with Gasteiger partial charge in [0.2, 0.25) is 10.0 Å². The van der Waals surface area contributed by atoms with Gasteiger partial charge in [-0.05, 0) is 31.2 Å². The first-order valence-electron chi connectivity index (χ1n) is 9.30. The van der Waals surface area contributed by atoms with E-state index in [0.29, 0.717) is 25.2 Å². The Bertz CT molecular complexity index is 690. The van der Waals surface area contributed by atoms with Crippen LogP contribution in [0, 0.1) is 0 Å². The van der Waals surface area contributed by atoms with E-state index in [1.807, 2.05) is 0 Å². The number of hydrogen-bond donors (Lipinski definition) is 2. The van der Waals surface area contributed by atoms with E-state index in [0.717, 1.165) is 39.1 Å². The Hall–Kier alpha value is -1.19. The third-order valence-electron chi connectivity index (χ3n) is 4.59. The van der Waals surface area contributed by atoms with Crippen LogP contribution in [-0.2, 0) is 10.0 Å². The Morgan fingerprint density at radius 2 is 1.89 bits per heavy atom. The van der Waals surface area contributed by atoms with E-state index >= 15 is 0 Å². The normalized spacial score (nSPS) is 15.4. The smallest absolute Gasteiger partial charge is 0.251 e. The quantitative estimate of drug-likeness (QED) is 0.588. The van der Waals surface area contributed by atoms with Gasteiger partial charge in [0.05, 0.1) is 4.90 Å². The van der Waals surface area contributed by atoms with E-state index in [-0.39, 0.29) is 23.2 Å². The molecule has 0 aromatic heterocycles. The predicted octanol–water partition coefficient (Wildman–Crippen LogP) is 1.16. The maximum Gasteiger partial charge on any atom is 0.251 e. The van der Waals surface area contributed by atoms with Crippen molar-refractivity contribution in [2.45, 2.75) is 25.2 Å². The summed E-state index contributed by atoms with van der Waals surface area (Å²) < 4.78 is 26.6. The minimum atomic E-state index is -3.56. The van der Waals surface area contributed by atoms with E-state index in [9.17, 15) is 13.2 Å². The van der Waals surface area contributed by atoms with Crippen molar-refractivity contribution in [3.8, 4) is 0 Å². The zero-order valence-electron chi connectivity index (χ0n) is 16.1. The average Bonchev–Trinajstić information content (AvgIpc) is 2.67. The average molecular weight is 419 g/mol. The highest BCUT2D eigenvalue weighted by atomic mass is 35.5. The summed E-state index contributed by atoms with van der Waals surface area (Å²) in [6, 6.07) is 6.26. The molecule has 1 amide bonds. The summed E-state index contributed by atoms with van der Waals surface area (Å²) >= 11 is 0. The fraction of sp³-hybridized carbons (Fsp3) is 0.611. The van der Waals surface area contributed by atoms with Crippen molar-refractivity contribution in [1.29, 1.82) is 0 Å². The highest BCUT2D eigenvalue weighted by Gasteiger charge is 2.22. The van der Waals surface area contributed by atoms with Gasteiger partial charge in [-0.15, -0.1) is 12.4 Å². The molecule has 1 fully saturated rings. The van der Waals surface area contributed by atoms with Gasteiger partial charge in [0.1, 0.15) is 0 Å². The van der Waals surface area contributed by atoms with Crippen LogP contribution in [0.15, 0.2) is 29.2 Å². The van der Waals surface area contributed by atoms with Crippen LogP contribution in [0.2, 0.25) is 0 Å². The molecule has 7 nitrogen and oxygen atoms in total. The minimum Gasteiger partial charge on any atom is -0.352 e. The number of hydrogen-bond acceptors (Lipinski definition) is 5. The maximum absolute atomic E-state index is 12.6. The van der Waals surface area contributed by atoms with E-state index in [2.05, 4.69) is 15.5 Å². The molecule has 1 aromatic rings. The number of nitrogens with zero attached hydrogens (tertiary/aromatic N) is 2. The predicted molar refractivity (Wildman–Crippen MR) is 110 cm³/mol. The molecule has 1 saturated heterocycles. The lowest BCUT2D eigenvalue weighted by atomic mass is 10.2. The van der Waals surface area contributed by atoms with E-state index in [1.54, 1.807) is 26.0 Å². The van der Waals surface area contributed by atoms with Gasteiger partial charge >= 0.3 is 0 Å². The van der Waals surface area contributed by atoms with Crippen molar-refractivity contribution in [2.24, 2.45) is 0 Å². The van der Waals surface area contributed by atoms with Gasteiger partial charge in [0, 0.05) is 51.4 Å². The fourth-order valence-electron chi connectivity index (χ4n) is 3.05. The van der Waals surface area contributed by atoms with Crippen LogP contribution in [0.25, 0.3) is 0 Å². The number of amides is 1. The molecule has 2 rings (SSSR count). The fourth-order valence-corrected chi connectivity index (χ4v) is 4.56. The van der Waals surface area contributed by atoms with Crippen molar-refractivity contribution in [3.63, 3.8) is 0 Å². The third kappa shape index (κ3) is 6.73. The molecular weight excluding hydrogens is 388 g/mol. The molecule has 0 aliphatic carbocycles.